The molecule has 0 aliphatic rings. The van der Waals surface area contributed by atoms with Crippen molar-refractivity contribution in [1.29, 1.82) is 0 Å². The molecule has 0 heterocycles. The van der Waals surface area contributed by atoms with Gasteiger partial charge in [-0.3, -0.25) is 0 Å². The van der Waals surface area contributed by atoms with Gasteiger partial charge in [0.1, 0.15) is 0 Å². The van der Waals surface area contributed by atoms with E-state index >= 15 is 0 Å². The lowest BCUT2D eigenvalue weighted by atomic mass is 9.94. The van der Waals surface area contributed by atoms with E-state index in [2.05, 4.69) is 59.4 Å². The summed E-state index contributed by atoms with van der Waals surface area (Å²) in [7, 11) is 0. The average Bonchev–Trinajstić information content (AvgIpc) is 2.18. The molecule has 0 amide bonds. The monoisotopic (exact) mass is 270 g/mol. The van der Waals surface area contributed by atoms with Gasteiger partial charge in [0.05, 0.1) is 0 Å². The fourth-order valence-corrected chi connectivity index (χ4v) is 1.74. The van der Waals surface area contributed by atoms with E-state index in [1.165, 1.54) is 5.56 Å². The van der Waals surface area contributed by atoms with Crippen molar-refractivity contribution in [3.63, 3.8) is 0 Å². The van der Waals surface area contributed by atoms with Gasteiger partial charge in [0.15, 0.2) is 0 Å². The molecule has 0 radical (unpaired) electrons. The maximum Gasteiger partial charge on any atom is 0.0377 e. The number of nitrogens with two attached hydrogens (primary N) is 1. The molecule has 0 saturated carbocycles. The summed E-state index contributed by atoms with van der Waals surface area (Å²) in [6.07, 6.45) is 1.01. The summed E-state index contributed by atoms with van der Waals surface area (Å²) in [4.78, 5) is 0. The third kappa shape index (κ3) is 3.93. The highest BCUT2D eigenvalue weighted by molar-refractivity contribution is 9.10. The Morgan fingerprint density at radius 3 is 2.40 bits per heavy atom. The van der Waals surface area contributed by atoms with Crippen molar-refractivity contribution in [2.45, 2.75) is 25.8 Å². The summed E-state index contributed by atoms with van der Waals surface area (Å²) < 4.78 is 1.11. The van der Waals surface area contributed by atoms with E-state index in [0.717, 1.165) is 24.0 Å². The van der Waals surface area contributed by atoms with E-state index in [9.17, 15) is 0 Å². The third-order valence-corrected chi connectivity index (χ3v) is 3.04. The number of halogens is 1. The minimum atomic E-state index is 0.00979. The van der Waals surface area contributed by atoms with E-state index in [1.54, 1.807) is 0 Å². The largest absolute Gasteiger partial charge is 0.330 e. The molecular formula is C12H19BrN2. The molecular weight excluding hydrogens is 252 g/mol. The summed E-state index contributed by atoms with van der Waals surface area (Å²) in [5, 5.41) is 3.50. The molecule has 0 aliphatic heterocycles. The van der Waals surface area contributed by atoms with Crippen LogP contribution in [0.2, 0.25) is 0 Å². The Morgan fingerprint density at radius 2 is 1.87 bits per heavy atom. The molecule has 0 aromatic heterocycles. The van der Waals surface area contributed by atoms with Crippen molar-refractivity contribution in [3.8, 4) is 0 Å². The Hall–Kier alpha value is -0.380. The third-order valence-electron chi connectivity index (χ3n) is 2.51. The highest BCUT2D eigenvalue weighted by Crippen LogP contribution is 2.21. The second-order valence-corrected chi connectivity index (χ2v) is 5.12. The molecule has 1 rings (SSSR count). The summed E-state index contributed by atoms with van der Waals surface area (Å²) in [6, 6.07) is 8.42. The molecule has 84 valence electrons. The van der Waals surface area contributed by atoms with Crippen LogP contribution in [0.1, 0.15) is 25.8 Å². The molecule has 1 aromatic carbocycles. The molecule has 0 aliphatic carbocycles. The van der Waals surface area contributed by atoms with Gasteiger partial charge < -0.3 is 11.1 Å². The average molecular weight is 271 g/mol. The number of nitrogens with one attached hydrogen (secondary N) is 1. The molecule has 3 N–H and O–H groups in total. The Bertz CT molecular complexity index is 293. The van der Waals surface area contributed by atoms with Gasteiger partial charge >= 0.3 is 0 Å². The lowest BCUT2D eigenvalue weighted by Gasteiger charge is -2.27. The molecule has 0 unspecified atom stereocenters. The minimum Gasteiger partial charge on any atom is -0.330 e. The fourth-order valence-electron chi connectivity index (χ4n) is 1.47. The van der Waals surface area contributed by atoms with Crippen LogP contribution in [0.3, 0.4) is 0 Å². The van der Waals surface area contributed by atoms with Crippen molar-refractivity contribution in [2.75, 3.05) is 13.1 Å². The predicted molar refractivity (Wildman–Crippen MR) is 68.8 cm³/mol. The van der Waals surface area contributed by atoms with Crippen molar-refractivity contribution in [2.24, 2.45) is 5.73 Å². The lowest BCUT2D eigenvalue weighted by molar-refractivity contribution is 0.401. The summed E-state index contributed by atoms with van der Waals surface area (Å²) in [5.74, 6) is 0. The smallest absolute Gasteiger partial charge is 0.0377 e. The van der Waals surface area contributed by atoms with Gasteiger partial charge in [-0.05, 0) is 51.1 Å². The van der Waals surface area contributed by atoms with Crippen LogP contribution >= 0.6 is 15.9 Å². The second kappa shape index (κ2) is 5.64. The SMILES string of the molecule is CC(C)(NCCCN)c1ccc(Br)cc1. The van der Waals surface area contributed by atoms with Crippen LogP contribution in [0.5, 0.6) is 0 Å². The standard InChI is InChI=1S/C12H19BrN2/c1-12(2,15-9-3-8-14)10-4-6-11(13)7-5-10/h4-7,15H,3,8-9,14H2,1-2H3. The number of benzene rings is 1. The quantitative estimate of drug-likeness (QED) is 0.808. The van der Waals surface area contributed by atoms with Gasteiger partial charge in [0, 0.05) is 10.0 Å². The van der Waals surface area contributed by atoms with Crippen LogP contribution in [0.15, 0.2) is 28.7 Å². The number of rotatable bonds is 5. The molecule has 1 aromatic rings. The number of hydrogen-bond donors (Lipinski definition) is 2. The first-order valence-corrected chi connectivity index (χ1v) is 6.07. The van der Waals surface area contributed by atoms with Gasteiger partial charge in [0.2, 0.25) is 0 Å². The molecule has 3 heteroatoms. The van der Waals surface area contributed by atoms with E-state index in [4.69, 9.17) is 5.73 Å². The van der Waals surface area contributed by atoms with Crippen molar-refractivity contribution >= 4 is 15.9 Å². The first-order chi connectivity index (χ1) is 7.06. The van der Waals surface area contributed by atoms with Crippen LogP contribution in [0.4, 0.5) is 0 Å². The molecule has 0 saturated heterocycles. The number of hydrogen-bond acceptors (Lipinski definition) is 2. The van der Waals surface area contributed by atoms with Crippen LogP contribution in [0.25, 0.3) is 0 Å². The Morgan fingerprint density at radius 1 is 1.27 bits per heavy atom. The van der Waals surface area contributed by atoms with Crippen molar-refractivity contribution in [1.82, 2.24) is 5.32 Å². The second-order valence-electron chi connectivity index (χ2n) is 4.20. The van der Waals surface area contributed by atoms with Crippen molar-refractivity contribution < 1.29 is 0 Å². The molecule has 0 fully saturated rings. The summed E-state index contributed by atoms with van der Waals surface area (Å²) >= 11 is 3.44. The molecule has 15 heavy (non-hydrogen) atoms. The highest BCUT2D eigenvalue weighted by atomic mass is 79.9. The summed E-state index contributed by atoms with van der Waals surface area (Å²) in [6.45, 7) is 6.07. The Balaban J connectivity index is 2.63. The van der Waals surface area contributed by atoms with E-state index in [0.29, 0.717) is 0 Å². The maximum atomic E-state index is 5.47. The van der Waals surface area contributed by atoms with Gasteiger partial charge in [-0.2, -0.15) is 0 Å². The first-order valence-electron chi connectivity index (χ1n) is 5.27. The highest BCUT2D eigenvalue weighted by Gasteiger charge is 2.18. The predicted octanol–water partition coefficient (Wildman–Crippen LogP) is 2.62. The van der Waals surface area contributed by atoms with Gasteiger partial charge in [-0.15, -0.1) is 0 Å². The zero-order chi connectivity index (χ0) is 11.3. The minimum absolute atomic E-state index is 0.00979. The first kappa shape index (κ1) is 12.7. The fraction of sp³-hybridized carbons (Fsp3) is 0.500. The van der Waals surface area contributed by atoms with Gasteiger partial charge in [0.25, 0.3) is 0 Å². The zero-order valence-corrected chi connectivity index (χ0v) is 11.0. The van der Waals surface area contributed by atoms with Gasteiger partial charge in [-0.1, -0.05) is 28.1 Å². The lowest BCUT2D eigenvalue weighted by Crippen LogP contribution is -2.37. The van der Waals surface area contributed by atoms with E-state index in [-0.39, 0.29) is 5.54 Å². The molecule has 0 spiro atoms. The van der Waals surface area contributed by atoms with Crippen LogP contribution in [0, 0.1) is 0 Å². The van der Waals surface area contributed by atoms with Crippen LogP contribution in [-0.2, 0) is 5.54 Å². The Labute approximate surface area is 100 Å². The normalized spacial score (nSPS) is 11.7. The van der Waals surface area contributed by atoms with E-state index in [1.807, 2.05) is 0 Å². The topological polar surface area (TPSA) is 38.0 Å². The molecule has 0 atom stereocenters. The van der Waals surface area contributed by atoms with Crippen molar-refractivity contribution in [3.05, 3.63) is 34.3 Å². The maximum absolute atomic E-state index is 5.47. The summed E-state index contributed by atoms with van der Waals surface area (Å²) in [5.41, 5.74) is 6.77. The van der Waals surface area contributed by atoms with E-state index < -0.39 is 0 Å². The van der Waals surface area contributed by atoms with Crippen LogP contribution in [-0.4, -0.2) is 13.1 Å². The Kier molecular flexibility index (Phi) is 4.77. The molecule has 0 bridgehead atoms. The molecule has 2 nitrogen and oxygen atoms in total. The zero-order valence-electron chi connectivity index (χ0n) is 9.39. The van der Waals surface area contributed by atoms with Gasteiger partial charge in [-0.25, -0.2) is 0 Å². The van der Waals surface area contributed by atoms with Crippen LogP contribution < -0.4 is 11.1 Å².